The summed E-state index contributed by atoms with van der Waals surface area (Å²) in [6.45, 7) is -1.07. The average Bonchev–Trinajstić information content (AvgIpc) is 3.37. The Morgan fingerprint density at radius 1 is 1.10 bits per heavy atom. The van der Waals surface area contributed by atoms with Crippen molar-refractivity contribution in [3.63, 3.8) is 0 Å². The number of nitrogens with zero attached hydrogens (tertiary/aromatic N) is 2. The van der Waals surface area contributed by atoms with E-state index in [0.717, 1.165) is 6.07 Å². The van der Waals surface area contributed by atoms with Crippen LogP contribution in [-0.4, -0.2) is 52.6 Å². The topological polar surface area (TPSA) is 165 Å². The van der Waals surface area contributed by atoms with E-state index in [1.165, 1.54) is 23.5 Å². The van der Waals surface area contributed by atoms with E-state index >= 15 is 0 Å². The van der Waals surface area contributed by atoms with Crippen molar-refractivity contribution in [3.8, 4) is 0 Å². The van der Waals surface area contributed by atoms with Crippen LogP contribution in [0.4, 0.5) is 5.69 Å². The summed E-state index contributed by atoms with van der Waals surface area (Å²) in [7, 11) is 0. The monoisotopic (exact) mass is 446 g/mol. The molecular weight excluding hydrogens is 432 g/mol. The molecule has 2 N–H and O–H groups in total. The van der Waals surface area contributed by atoms with E-state index in [0.29, 0.717) is 9.78 Å². The largest absolute Gasteiger partial charge is 0.455 e. The van der Waals surface area contributed by atoms with Crippen molar-refractivity contribution >= 4 is 46.6 Å². The molecule has 1 aromatic heterocycles. The number of nitro benzene ring substituents is 1. The number of carbonyl (C=O) groups excluding carboxylic acids is 5. The number of fused-ring (bicyclic) bond motifs is 1. The third kappa shape index (κ3) is 4.72. The molecular formula is C18H14N4O8S. The van der Waals surface area contributed by atoms with Gasteiger partial charge in [-0.1, -0.05) is 12.1 Å². The Hall–Kier alpha value is -4.13. The van der Waals surface area contributed by atoms with Crippen LogP contribution in [0.1, 0.15) is 36.8 Å². The van der Waals surface area contributed by atoms with Crippen molar-refractivity contribution in [1.29, 1.82) is 0 Å². The maximum absolute atomic E-state index is 12.4. The molecule has 1 aromatic carbocycles. The first-order valence-electron chi connectivity index (χ1n) is 8.71. The SMILES string of the molecule is O=C(COC(=O)CCN1C(=O)c2cccc([N+](=O)[O-])c2C1=O)NNC(=O)c1cccs1. The Labute approximate surface area is 177 Å². The van der Waals surface area contributed by atoms with Gasteiger partial charge in [0.25, 0.3) is 29.3 Å². The van der Waals surface area contributed by atoms with Gasteiger partial charge in [-0.2, -0.15) is 0 Å². The zero-order valence-electron chi connectivity index (χ0n) is 15.7. The zero-order chi connectivity index (χ0) is 22.5. The summed E-state index contributed by atoms with van der Waals surface area (Å²) >= 11 is 1.17. The number of hydrazine groups is 1. The van der Waals surface area contributed by atoms with Gasteiger partial charge >= 0.3 is 5.97 Å². The lowest BCUT2D eigenvalue weighted by atomic mass is 10.1. The Balaban J connectivity index is 1.46. The molecule has 0 unspecified atom stereocenters. The lowest BCUT2D eigenvalue weighted by Gasteiger charge is -2.13. The second kappa shape index (κ2) is 9.13. The number of carbonyl (C=O) groups is 5. The van der Waals surface area contributed by atoms with Gasteiger partial charge in [0.15, 0.2) is 6.61 Å². The molecule has 0 fully saturated rings. The van der Waals surface area contributed by atoms with Gasteiger partial charge in [0.1, 0.15) is 5.56 Å². The number of hydrogen-bond donors (Lipinski definition) is 2. The molecule has 2 heterocycles. The molecule has 1 aliphatic heterocycles. The number of esters is 1. The number of nitro groups is 1. The van der Waals surface area contributed by atoms with Crippen LogP contribution in [-0.2, 0) is 14.3 Å². The van der Waals surface area contributed by atoms with Crippen molar-refractivity contribution in [1.82, 2.24) is 15.8 Å². The van der Waals surface area contributed by atoms with Gasteiger partial charge in [0.05, 0.1) is 21.8 Å². The summed E-state index contributed by atoms with van der Waals surface area (Å²) < 4.78 is 4.74. The summed E-state index contributed by atoms with van der Waals surface area (Å²) in [5.41, 5.74) is 3.28. The first kappa shape index (κ1) is 21.6. The fraction of sp³-hybridized carbons (Fsp3) is 0.167. The summed E-state index contributed by atoms with van der Waals surface area (Å²) in [5.74, 6) is -3.85. The first-order valence-corrected chi connectivity index (χ1v) is 9.59. The van der Waals surface area contributed by atoms with Gasteiger partial charge in [0, 0.05) is 12.6 Å². The summed E-state index contributed by atoms with van der Waals surface area (Å²) in [6.07, 6.45) is -0.423. The highest BCUT2D eigenvalue weighted by Gasteiger charge is 2.40. The molecule has 0 saturated heterocycles. The van der Waals surface area contributed by atoms with Crippen LogP contribution in [0.3, 0.4) is 0 Å². The molecule has 13 heteroatoms. The second-order valence-corrected chi connectivity index (χ2v) is 7.06. The van der Waals surface area contributed by atoms with Crippen LogP contribution in [0, 0.1) is 10.1 Å². The molecule has 2 aromatic rings. The number of imide groups is 1. The van der Waals surface area contributed by atoms with Crippen LogP contribution in [0.2, 0.25) is 0 Å². The predicted octanol–water partition coefficient (Wildman–Crippen LogP) is 0.647. The van der Waals surface area contributed by atoms with Gasteiger partial charge in [-0.05, 0) is 17.5 Å². The van der Waals surface area contributed by atoms with Gasteiger partial charge in [-0.3, -0.25) is 49.8 Å². The van der Waals surface area contributed by atoms with Gasteiger partial charge in [-0.15, -0.1) is 11.3 Å². The molecule has 0 radical (unpaired) electrons. The maximum atomic E-state index is 12.4. The first-order chi connectivity index (χ1) is 14.8. The molecule has 0 atom stereocenters. The van der Waals surface area contributed by atoms with Crippen LogP contribution in [0.5, 0.6) is 0 Å². The molecule has 0 bridgehead atoms. The van der Waals surface area contributed by atoms with E-state index in [9.17, 15) is 34.1 Å². The van der Waals surface area contributed by atoms with E-state index in [1.54, 1.807) is 17.5 Å². The number of amides is 4. The van der Waals surface area contributed by atoms with Gasteiger partial charge < -0.3 is 4.74 Å². The van der Waals surface area contributed by atoms with E-state index in [2.05, 4.69) is 10.9 Å². The zero-order valence-corrected chi connectivity index (χ0v) is 16.5. The Kier molecular flexibility index (Phi) is 6.35. The molecule has 0 saturated carbocycles. The minimum Gasteiger partial charge on any atom is -0.455 e. The highest BCUT2D eigenvalue weighted by molar-refractivity contribution is 7.12. The Morgan fingerprint density at radius 2 is 1.87 bits per heavy atom. The van der Waals surface area contributed by atoms with Crippen molar-refractivity contribution < 1.29 is 33.6 Å². The number of rotatable bonds is 7. The number of hydrogen-bond acceptors (Lipinski definition) is 9. The normalized spacial score (nSPS) is 12.3. The van der Waals surface area contributed by atoms with Crippen LogP contribution in [0.25, 0.3) is 0 Å². The minimum absolute atomic E-state index is 0.117. The molecule has 0 aliphatic carbocycles. The summed E-state index contributed by atoms with van der Waals surface area (Å²) in [6, 6.07) is 6.90. The van der Waals surface area contributed by atoms with Gasteiger partial charge in [-0.25, -0.2) is 0 Å². The fourth-order valence-corrected chi connectivity index (χ4v) is 3.34. The van der Waals surface area contributed by atoms with Crippen LogP contribution in [0.15, 0.2) is 35.7 Å². The highest BCUT2D eigenvalue weighted by Crippen LogP contribution is 2.30. The third-order valence-electron chi connectivity index (χ3n) is 4.14. The average molecular weight is 446 g/mol. The summed E-state index contributed by atoms with van der Waals surface area (Å²) in [4.78, 5) is 71.3. The molecule has 0 spiro atoms. The lowest BCUT2D eigenvalue weighted by Crippen LogP contribution is -2.43. The van der Waals surface area contributed by atoms with Crippen molar-refractivity contribution in [2.45, 2.75) is 6.42 Å². The number of thiophene rings is 1. The van der Waals surface area contributed by atoms with Crippen molar-refractivity contribution in [2.75, 3.05) is 13.2 Å². The third-order valence-corrected chi connectivity index (χ3v) is 5.01. The Morgan fingerprint density at radius 3 is 2.55 bits per heavy atom. The Bertz CT molecular complexity index is 1080. The number of ether oxygens (including phenoxy) is 1. The molecule has 12 nitrogen and oxygen atoms in total. The van der Waals surface area contributed by atoms with E-state index < -0.39 is 53.2 Å². The molecule has 4 amide bonds. The van der Waals surface area contributed by atoms with Crippen LogP contribution >= 0.6 is 11.3 Å². The standard InChI is InChI=1S/C18H14N4O8S/c23-13(19-20-16(25)12-5-2-8-31-12)9-30-14(24)6-7-21-17(26)10-3-1-4-11(22(28)29)15(10)18(21)27/h1-5,8H,6-7,9H2,(H,19,23)(H,20,25). The smallest absolute Gasteiger partial charge is 0.308 e. The fourth-order valence-electron chi connectivity index (χ4n) is 2.72. The van der Waals surface area contributed by atoms with Crippen molar-refractivity contribution in [2.24, 2.45) is 0 Å². The summed E-state index contributed by atoms with van der Waals surface area (Å²) in [5, 5.41) is 12.8. The molecule has 31 heavy (non-hydrogen) atoms. The number of benzene rings is 1. The molecule has 3 rings (SSSR count). The molecule has 1 aliphatic rings. The van der Waals surface area contributed by atoms with E-state index in [-0.39, 0.29) is 17.7 Å². The van der Waals surface area contributed by atoms with E-state index in [1.807, 2.05) is 0 Å². The second-order valence-electron chi connectivity index (χ2n) is 6.11. The van der Waals surface area contributed by atoms with Crippen molar-refractivity contribution in [3.05, 3.63) is 61.8 Å². The van der Waals surface area contributed by atoms with Crippen LogP contribution < -0.4 is 10.9 Å². The highest BCUT2D eigenvalue weighted by atomic mass is 32.1. The minimum atomic E-state index is -0.884. The quantitative estimate of drug-likeness (QED) is 0.271. The number of nitrogens with one attached hydrogen (secondary N) is 2. The van der Waals surface area contributed by atoms with E-state index in [4.69, 9.17) is 4.74 Å². The maximum Gasteiger partial charge on any atom is 0.308 e. The lowest BCUT2D eigenvalue weighted by molar-refractivity contribution is -0.385. The van der Waals surface area contributed by atoms with Gasteiger partial charge in [0.2, 0.25) is 0 Å². The molecule has 160 valence electrons. The predicted molar refractivity (Wildman–Crippen MR) is 104 cm³/mol.